The highest BCUT2D eigenvalue weighted by atomic mass is 35.5. The number of alkyl halides is 3. The maximum atomic E-state index is 12.8. The average molecular weight is 332 g/mol. The van der Waals surface area contributed by atoms with Crippen molar-refractivity contribution >= 4 is 23.6 Å². The zero-order valence-electron chi connectivity index (χ0n) is 12.2. The number of benzene rings is 1. The van der Waals surface area contributed by atoms with Gasteiger partial charge < -0.3 is 4.90 Å². The molecule has 0 bridgehead atoms. The smallest absolute Gasteiger partial charge is 0.336 e. The van der Waals surface area contributed by atoms with Crippen LogP contribution < -0.4 is 0 Å². The predicted molar refractivity (Wildman–Crippen MR) is 80.5 cm³/mol. The highest BCUT2D eigenvalue weighted by Gasteiger charge is 2.33. The molecule has 1 aliphatic rings. The van der Waals surface area contributed by atoms with Crippen LogP contribution in [0, 0.1) is 0 Å². The van der Waals surface area contributed by atoms with Crippen LogP contribution in [-0.4, -0.2) is 23.4 Å². The summed E-state index contributed by atoms with van der Waals surface area (Å²) in [6, 6.07) is 3.77. The van der Waals surface area contributed by atoms with E-state index < -0.39 is 11.7 Å². The predicted octanol–water partition coefficient (Wildman–Crippen LogP) is 4.77. The highest BCUT2D eigenvalue weighted by Crippen LogP contribution is 2.35. The third-order valence-electron chi connectivity index (χ3n) is 3.80. The molecule has 0 N–H and O–H groups in total. The molecule has 2 rings (SSSR count). The van der Waals surface area contributed by atoms with Crippen molar-refractivity contribution < 1.29 is 18.0 Å². The second kappa shape index (κ2) is 6.73. The minimum atomic E-state index is -4.51. The van der Waals surface area contributed by atoms with E-state index in [1.54, 1.807) is 4.90 Å². The van der Waals surface area contributed by atoms with Gasteiger partial charge in [-0.3, -0.25) is 4.79 Å². The maximum Gasteiger partial charge on any atom is 0.417 e. The third-order valence-corrected chi connectivity index (χ3v) is 4.13. The minimum absolute atomic E-state index is 0.168. The lowest BCUT2D eigenvalue weighted by molar-refractivity contribution is -0.137. The summed E-state index contributed by atoms with van der Waals surface area (Å²) in [5.74, 6) is -0.171. The van der Waals surface area contributed by atoms with Crippen molar-refractivity contribution in [2.24, 2.45) is 0 Å². The number of piperidine rings is 1. The Labute approximate surface area is 132 Å². The number of hydrogen-bond donors (Lipinski definition) is 0. The molecule has 0 saturated carbocycles. The Morgan fingerprint density at radius 3 is 2.73 bits per heavy atom. The van der Waals surface area contributed by atoms with Crippen LogP contribution in [0.1, 0.15) is 37.3 Å². The largest absolute Gasteiger partial charge is 0.417 e. The van der Waals surface area contributed by atoms with Crippen LogP contribution in [-0.2, 0) is 11.0 Å². The van der Waals surface area contributed by atoms with Crippen LogP contribution in [0.2, 0.25) is 5.02 Å². The molecule has 1 aliphatic heterocycles. The number of hydrogen-bond acceptors (Lipinski definition) is 1. The molecule has 0 aromatic heterocycles. The summed E-state index contributed by atoms with van der Waals surface area (Å²) in [4.78, 5) is 13.9. The van der Waals surface area contributed by atoms with Gasteiger partial charge in [0.05, 0.1) is 10.6 Å². The van der Waals surface area contributed by atoms with Gasteiger partial charge in [-0.05, 0) is 50.0 Å². The lowest BCUT2D eigenvalue weighted by atomic mass is 10.0. The van der Waals surface area contributed by atoms with E-state index in [1.165, 1.54) is 24.3 Å². The van der Waals surface area contributed by atoms with E-state index in [2.05, 4.69) is 0 Å². The Morgan fingerprint density at radius 2 is 2.09 bits per heavy atom. The number of nitrogens with zero attached hydrogens (tertiary/aromatic N) is 1. The van der Waals surface area contributed by atoms with E-state index in [0.29, 0.717) is 12.1 Å². The van der Waals surface area contributed by atoms with Gasteiger partial charge in [-0.1, -0.05) is 17.7 Å². The van der Waals surface area contributed by atoms with Crippen LogP contribution in [0.5, 0.6) is 0 Å². The first kappa shape index (κ1) is 16.9. The normalized spacial score (nSPS) is 19.7. The van der Waals surface area contributed by atoms with E-state index in [0.717, 1.165) is 25.3 Å². The van der Waals surface area contributed by atoms with Crippen molar-refractivity contribution in [3.63, 3.8) is 0 Å². The maximum absolute atomic E-state index is 12.8. The molecule has 120 valence electrons. The Kier molecular flexibility index (Phi) is 5.16. The van der Waals surface area contributed by atoms with Gasteiger partial charge in [0.1, 0.15) is 0 Å². The van der Waals surface area contributed by atoms with Gasteiger partial charge >= 0.3 is 6.18 Å². The van der Waals surface area contributed by atoms with Crippen LogP contribution in [0.3, 0.4) is 0 Å². The fraction of sp³-hybridized carbons (Fsp3) is 0.438. The van der Waals surface area contributed by atoms with E-state index in [4.69, 9.17) is 11.6 Å². The topological polar surface area (TPSA) is 20.3 Å². The fourth-order valence-electron chi connectivity index (χ4n) is 2.55. The van der Waals surface area contributed by atoms with Crippen molar-refractivity contribution in [2.45, 2.75) is 38.4 Å². The molecule has 0 spiro atoms. The first-order chi connectivity index (χ1) is 10.3. The number of rotatable bonds is 2. The molecule has 1 heterocycles. The van der Waals surface area contributed by atoms with Crippen molar-refractivity contribution in [1.29, 1.82) is 0 Å². The summed E-state index contributed by atoms with van der Waals surface area (Å²) in [6.07, 6.45) is 1.23. The summed E-state index contributed by atoms with van der Waals surface area (Å²) in [6.45, 7) is 2.67. The van der Waals surface area contributed by atoms with Crippen LogP contribution in [0.25, 0.3) is 6.08 Å². The molecule has 1 aromatic carbocycles. The second-order valence-electron chi connectivity index (χ2n) is 5.45. The van der Waals surface area contributed by atoms with E-state index in [-0.39, 0.29) is 17.0 Å². The van der Waals surface area contributed by atoms with Gasteiger partial charge in [0.15, 0.2) is 0 Å². The average Bonchev–Trinajstić information content (AvgIpc) is 2.45. The molecule has 6 heteroatoms. The molecule has 1 unspecified atom stereocenters. The first-order valence-electron chi connectivity index (χ1n) is 7.14. The molecule has 0 radical (unpaired) electrons. The Hall–Kier alpha value is -1.49. The van der Waals surface area contributed by atoms with Crippen molar-refractivity contribution in [2.75, 3.05) is 6.54 Å². The van der Waals surface area contributed by atoms with E-state index in [1.807, 2.05) is 6.92 Å². The second-order valence-corrected chi connectivity index (χ2v) is 5.85. The zero-order valence-corrected chi connectivity index (χ0v) is 12.9. The van der Waals surface area contributed by atoms with E-state index in [9.17, 15) is 18.0 Å². The van der Waals surface area contributed by atoms with Gasteiger partial charge in [-0.15, -0.1) is 0 Å². The van der Waals surface area contributed by atoms with Gasteiger partial charge in [0.2, 0.25) is 5.91 Å². The number of carbonyl (C=O) groups is 1. The molecule has 1 atom stereocenters. The molecule has 0 aliphatic carbocycles. The Bertz CT molecular complexity index is 583. The number of likely N-dealkylation sites (tertiary alicyclic amines) is 1. The molecular weight excluding hydrogens is 315 g/mol. The van der Waals surface area contributed by atoms with Crippen LogP contribution >= 0.6 is 11.6 Å². The molecule has 1 saturated heterocycles. The zero-order chi connectivity index (χ0) is 16.3. The summed E-state index contributed by atoms with van der Waals surface area (Å²) < 4.78 is 38.4. The third kappa shape index (κ3) is 4.03. The monoisotopic (exact) mass is 331 g/mol. The van der Waals surface area contributed by atoms with Gasteiger partial charge in [-0.25, -0.2) is 0 Å². The van der Waals surface area contributed by atoms with Crippen LogP contribution in [0.4, 0.5) is 13.2 Å². The number of carbonyl (C=O) groups excluding carboxylic acids is 1. The minimum Gasteiger partial charge on any atom is -0.336 e. The lowest BCUT2D eigenvalue weighted by Gasteiger charge is -2.32. The Balaban J connectivity index is 2.14. The molecule has 1 fully saturated rings. The van der Waals surface area contributed by atoms with Crippen LogP contribution in [0.15, 0.2) is 24.3 Å². The summed E-state index contributed by atoms with van der Waals surface area (Å²) in [7, 11) is 0. The highest BCUT2D eigenvalue weighted by molar-refractivity contribution is 6.31. The van der Waals surface area contributed by atoms with Crippen molar-refractivity contribution in [3.05, 3.63) is 40.4 Å². The van der Waals surface area contributed by atoms with Crippen molar-refractivity contribution in [3.8, 4) is 0 Å². The quantitative estimate of drug-likeness (QED) is 0.715. The molecule has 22 heavy (non-hydrogen) atoms. The first-order valence-corrected chi connectivity index (χ1v) is 7.52. The molecule has 2 nitrogen and oxygen atoms in total. The molecular formula is C16H17ClF3NO. The molecule has 1 aromatic rings. The standard InChI is InChI=1S/C16H17ClF3NO/c1-11-4-2-3-9-21(11)15(22)8-6-12-5-7-14(17)13(10-12)16(18,19)20/h5-8,10-11H,2-4,9H2,1H3. The SMILES string of the molecule is CC1CCCCN1C(=O)C=Cc1ccc(Cl)c(C(F)(F)F)c1. The summed E-state index contributed by atoms with van der Waals surface area (Å²) in [5.41, 5.74) is -0.593. The summed E-state index contributed by atoms with van der Waals surface area (Å²) >= 11 is 5.57. The van der Waals surface area contributed by atoms with E-state index >= 15 is 0 Å². The van der Waals surface area contributed by atoms with Gasteiger partial charge in [-0.2, -0.15) is 13.2 Å². The van der Waals surface area contributed by atoms with Gasteiger partial charge in [0, 0.05) is 18.7 Å². The number of halogens is 4. The Morgan fingerprint density at radius 1 is 1.36 bits per heavy atom. The van der Waals surface area contributed by atoms with Crippen molar-refractivity contribution in [1.82, 2.24) is 4.90 Å². The molecule has 1 amide bonds. The number of amides is 1. The summed E-state index contributed by atoms with van der Waals surface area (Å²) in [5, 5.41) is -0.347. The lowest BCUT2D eigenvalue weighted by Crippen LogP contribution is -2.41. The fourth-order valence-corrected chi connectivity index (χ4v) is 2.78. The van der Waals surface area contributed by atoms with Gasteiger partial charge in [0.25, 0.3) is 0 Å².